The molecule has 3 aliphatic heterocycles. The minimum Gasteiger partial charge on any atom is -0.306 e. The number of allylic oxidation sites excluding steroid dienone is 7. The van der Waals surface area contributed by atoms with Crippen molar-refractivity contribution in [3.8, 4) is 0 Å². The van der Waals surface area contributed by atoms with Crippen molar-refractivity contribution in [2.75, 3.05) is 13.1 Å². The van der Waals surface area contributed by atoms with Crippen molar-refractivity contribution in [3.63, 3.8) is 0 Å². The molecule has 0 aliphatic carbocycles. The van der Waals surface area contributed by atoms with Crippen molar-refractivity contribution >= 4 is 17.1 Å². The van der Waals surface area contributed by atoms with E-state index in [4.69, 9.17) is 0 Å². The van der Waals surface area contributed by atoms with Gasteiger partial charge in [0.15, 0.2) is 0 Å². The fourth-order valence-corrected chi connectivity index (χ4v) is 5.08. The molecule has 5 heterocycles. The van der Waals surface area contributed by atoms with Gasteiger partial charge in [0.1, 0.15) is 5.65 Å². The number of rotatable bonds is 3. The fraction of sp³-hybridized carbons (Fsp3) is 0.357. The summed E-state index contributed by atoms with van der Waals surface area (Å²) in [5.74, 6) is 0.492. The number of amides is 1. The standard InChI is InChI=1S/C28H32N4O/c1-19(2)30-12-10-22(11-13-30)24-8-9-26-7-5-6-23(15-27(33)32(26)18-24)25-14-20(3)28-29-21(4)16-31(28)17-25/h5-9,14-19,22H,10-13H2,1-4H3/b6-5+,23-15+,26-7+. The van der Waals surface area contributed by atoms with Crippen LogP contribution in [0.1, 0.15) is 43.5 Å². The van der Waals surface area contributed by atoms with E-state index < -0.39 is 0 Å². The zero-order valence-electron chi connectivity index (χ0n) is 20.0. The van der Waals surface area contributed by atoms with Gasteiger partial charge in [-0.25, -0.2) is 4.98 Å². The zero-order valence-corrected chi connectivity index (χ0v) is 20.0. The predicted octanol–water partition coefficient (Wildman–Crippen LogP) is 5.19. The van der Waals surface area contributed by atoms with Crippen molar-refractivity contribution in [2.24, 2.45) is 5.92 Å². The summed E-state index contributed by atoms with van der Waals surface area (Å²) in [6.45, 7) is 10.8. The Bertz CT molecular complexity index is 1250. The number of fused-ring (bicyclic) bond motifs is 2. The van der Waals surface area contributed by atoms with Gasteiger partial charge in [0, 0.05) is 36.4 Å². The predicted molar refractivity (Wildman–Crippen MR) is 133 cm³/mol. The third-order valence-electron chi connectivity index (χ3n) is 6.98. The summed E-state index contributed by atoms with van der Waals surface area (Å²) in [5, 5.41) is 0. The van der Waals surface area contributed by atoms with Crippen LogP contribution in [-0.4, -0.2) is 44.2 Å². The van der Waals surface area contributed by atoms with Crippen molar-refractivity contribution in [3.05, 3.63) is 89.2 Å². The first-order valence-electron chi connectivity index (χ1n) is 11.9. The molecule has 0 atom stereocenters. The van der Waals surface area contributed by atoms with Gasteiger partial charge in [-0.05, 0) is 100 Å². The van der Waals surface area contributed by atoms with Gasteiger partial charge >= 0.3 is 0 Å². The van der Waals surface area contributed by atoms with Gasteiger partial charge < -0.3 is 9.30 Å². The largest absolute Gasteiger partial charge is 0.306 e. The Morgan fingerprint density at radius 2 is 1.85 bits per heavy atom. The number of carbonyl (C=O) groups is 1. The summed E-state index contributed by atoms with van der Waals surface area (Å²) in [7, 11) is 0. The number of aromatic nitrogens is 2. The highest BCUT2D eigenvalue weighted by Crippen LogP contribution is 2.31. The second-order valence-corrected chi connectivity index (χ2v) is 9.65. The van der Waals surface area contributed by atoms with Gasteiger partial charge in [-0.15, -0.1) is 0 Å². The molecule has 5 rings (SSSR count). The van der Waals surface area contributed by atoms with Crippen LogP contribution >= 0.6 is 0 Å². The summed E-state index contributed by atoms with van der Waals surface area (Å²) in [6, 6.07) is 2.70. The van der Waals surface area contributed by atoms with Crippen LogP contribution < -0.4 is 0 Å². The van der Waals surface area contributed by atoms with Crippen molar-refractivity contribution in [1.29, 1.82) is 0 Å². The lowest BCUT2D eigenvalue weighted by Gasteiger charge is -2.36. The molecule has 5 nitrogen and oxygen atoms in total. The average molecular weight is 441 g/mol. The third-order valence-corrected chi connectivity index (χ3v) is 6.98. The highest BCUT2D eigenvalue weighted by molar-refractivity contribution is 6.00. The van der Waals surface area contributed by atoms with E-state index in [1.54, 1.807) is 11.0 Å². The van der Waals surface area contributed by atoms with E-state index in [1.807, 2.05) is 35.7 Å². The van der Waals surface area contributed by atoms with E-state index in [0.717, 1.165) is 59.7 Å². The number of carbonyl (C=O) groups excluding carboxylic acids is 1. The Kier molecular flexibility index (Phi) is 5.67. The first kappa shape index (κ1) is 21.7. The maximum atomic E-state index is 13.4. The first-order valence-corrected chi connectivity index (χ1v) is 11.9. The zero-order chi connectivity index (χ0) is 23.1. The number of hydrogen-bond acceptors (Lipinski definition) is 3. The Morgan fingerprint density at radius 1 is 1.06 bits per heavy atom. The molecule has 2 aromatic heterocycles. The van der Waals surface area contributed by atoms with Gasteiger partial charge in [-0.1, -0.05) is 18.2 Å². The number of pyridine rings is 1. The van der Waals surface area contributed by atoms with Gasteiger partial charge in [0.05, 0.1) is 5.69 Å². The molecule has 0 spiro atoms. The van der Waals surface area contributed by atoms with Crippen molar-refractivity contribution in [2.45, 2.75) is 46.6 Å². The summed E-state index contributed by atoms with van der Waals surface area (Å²) >= 11 is 0. The molecular weight excluding hydrogens is 408 g/mol. The van der Waals surface area contributed by atoms with Gasteiger partial charge in [-0.2, -0.15) is 0 Å². The molecule has 170 valence electrons. The van der Waals surface area contributed by atoms with E-state index in [1.165, 1.54) is 5.57 Å². The number of piperidine rings is 1. The maximum Gasteiger partial charge on any atom is 0.255 e. The van der Waals surface area contributed by atoms with Crippen LogP contribution in [0.2, 0.25) is 0 Å². The van der Waals surface area contributed by atoms with Crippen LogP contribution in [0.3, 0.4) is 0 Å². The van der Waals surface area contributed by atoms with Crippen molar-refractivity contribution in [1.82, 2.24) is 19.2 Å². The molecule has 0 aromatic carbocycles. The summed E-state index contributed by atoms with van der Waals surface area (Å²) < 4.78 is 2.05. The second-order valence-electron chi connectivity index (χ2n) is 9.65. The lowest BCUT2D eigenvalue weighted by atomic mass is 9.87. The number of hydrogen-bond donors (Lipinski definition) is 0. The normalized spacial score (nSPS) is 24.1. The smallest absolute Gasteiger partial charge is 0.255 e. The Morgan fingerprint density at radius 3 is 2.61 bits per heavy atom. The lowest BCUT2D eigenvalue weighted by molar-refractivity contribution is -0.122. The molecule has 0 unspecified atom stereocenters. The summed E-state index contributed by atoms with van der Waals surface area (Å²) in [5.41, 5.74) is 7.12. The number of nitrogens with zero attached hydrogens (tertiary/aromatic N) is 4. The maximum absolute atomic E-state index is 13.4. The number of imidazole rings is 1. The SMILES string of the molecule is Cc1cn2cc(C3=C\C(=O)N4C=C(C5CCN(C(C)C)CC5)C=C\C4=C/C=C/3)cc(C)c2n1. The van der Waals surface area contributed by atoms with Crippen LogP contribution in [0.5, 0.6) is 0 Å². The molecule has 33 heavy (non-hydrogen) atoms. The number of likely N-dealkylation sites (tertiary alicyclic amines) is 1. The molecule has 3 aliphatic rings. The van der Waals surface area contributed by atoms with Crippen LogP contribution in [0.15, 0.2) is 72.4 Å². The first-order chi connectivity index (χ1) is 15.9. The van der Waals surface area contributed by atoms with Gasteiger partial charge in [0.25, 0.3) is 5.91 Å². The summed E-state index contributed by atoms with van der Waals surface area (Å²) in [4.78, 5) is 22.3. The topological polar surface area (TPSA) is 40.9 Å². The van der Waals surface area contributed by atoms with E-state index in [2.05, 4.69) is 61.3 Å². The molecule has 0 radical (unpaired) electrons. The molecule has 1 saturated heterocycles. The molecular formula is C28H32N4O. The van der Waals surface area contributed by atoms with Crippen LogP contribution in [0, 0.1) is 19.8 Å². The van der Waals surface area contributed by atoms with Gasteiger partial charge in [-0.3, -0.25) is 9.69 Å². The number of aryl methyl sites for hydroxylation is 2. The highest BCUT2D eigenvalue weighted by Gasteiger charge is 2.26. The minimum absolute atomic E-state index is 0.0124. The van der Waals surface area contributed by atoms with E-state index in [0.29, 0.717) is 12.0 Å². The molecule has 1 amide bonds. The molecule has 0 bridgehead atoms. The van der Waals surface area contributed by atoms with E-state index >= 15 is 0 Å². The summed E-state index contributed by atoms with van der Waals surface area (Å²) in [6.07, 6.45) is 20.5. The van der Waals surface area contributed by atoms with Gasteiger partial charge in [0.2, 0.25) is 0 Å². The molecule has 0 N–H and O–H groups in total. The quantitative estimate of drug-likeness (QED) is 0.659. The van der Waals surface area contributed by atoms with Crippen LogP contribution in [-0.2, 0) is 4.79 Å². The van der Waals surface area contributed by atoms with Crippen molar-refractivity contribution < 1.29 is 4.79 Å². The van der Waals surface area contributed by atoms with E-state index in [-0.39, 0.29) is 5.91 Å². The Labute approximate surface area is 196 Å². The second kappa shape index (κ2) is 8.64. The molecule has 2 aromatic rings. The lowest BCUT2D eigenvalue weighted by Crippen LogP contribution is -2.39. The highest BCUT2D eigenvalue weighted by atomic mass is 16.2. The van der Waals surface area contributed by atoms with Crippen LogP contribution in [0.25, 0.3) is 11.2 Å². The monoisotopic (exact) mass is 440 g/mol. The minimum atomic E-state index is -0.0124. The average Bonchev–Trinajstić information content (AvgIpc) is 3.18. The molecule has 0 saturated carbocycles. The Balaban J connectivity index is 1.43. The third kappa shape index (κ3) is 4.25. The fourth-order valence-electron chi connectivity index (χ4n) is 5.08. The Hall–Kier alpha value is -3.18. The molecule has 1 fully saturated rings. The van der Waals surface area contributed by atoms with Crippen LogP contribution in [0.4, 0.5) is 0 Å². The molecule has 5 heteroatoms. The van der Waals surface area contributed by atoms with E-state index in [9.17, 15) is 4.79 Å².